The Hall–Kier alpha value is -2.21. The highest BCUT2D eigenvalue weighted by Crippen LogP contribution is 2.34. The molecule has 114 valence electrons. The summed E-state index contributed by atoms with van der Waals surface area (Å²) in [6, 6.07) is 5.90. The van der Waals surface area contributed by atoms with Gasteiger partial charge >= 0.3 is 6.18 Å². The van der Waals surface area contributed by atoms with Crippen LogP contribution in [0.4, 0.5) is 17.6 Å². The van der Waals surface area contributed by atoms with Gasteiger partial charge in [-0.05, 0) is 12.1 Å². The highest BCUT2D eigenvalue weighted by molar-refractivity contribution is 6.35. The summed E-state index contributed by atoms with van der Waals surface area (Å²) in [5.41, 5.74) is -1.61. The first-order valence-corrected chi connectivity index (χ1v) is 6.28. The molecule has 0 aromatic heterocycles. The van der Waals surface area contributed by atoms with E-state index in [0.717, 1.165) is 0 Å². The summed E-state index contributed by atoms with van der Waals surface area (Å²) < 4.78 is 51.5. The van der Waals surface area contributed by atoms with Crippen LogP contribution in [-0.4, -0.2) is 12.1 Å². The smallest absolute Gasteiger partial charge is 0.298 e. The molecule has 0 radical (unpaired) electrons. The molecule has 0 unspecified atom stereocenters. The van der Waals surface area contributed by atoms with Crippen LogP contribution in [0.1, 0.15) is 31.8 Å². The van der Waals surface area contributed by atoms with Gasteiger partial charge in [0, 0.05) is 11.1 Å². The largest absolute Gasteiger partial charge is 0.416 e. The highest BCUT2D eigenvalue weighted by atomic mass is 35.5. The lowest BCUT2D eigenvalue weighted by Gasteiger charge is -2.11. The van der Waals surface area contributed by atoms with Gasteiger partial charge in [0.05, 0.1) is 16.1 Å². The molecule has 0 aliphatic heterocycles. The van der Waals surface area contributed by atoms with Gasteiger partial charge < -0.3 is 0 Å². The molecule has 2 aromatic carbocycles. The average molecular weight is 331 g/mol. The van der Waals surface area contributed by atoms with E-state index in [4.69, 9.17) is 11.6 Å². The van der Waals surface area contributed by atoms with Gasteiger partial charge in [0.2, 0.25) is 0 Å². The minimum Gasteiger partial charge on any atom is -0.298 e. The van der Waals surface area contributed by atoms with E-state index in [1.54, 1.807) is 0 Å². The molecule has 0 saturated heterocycles. The third-order valence-electron chi connectivity index (χ3n) is 2.91. The van der Waals surface area contributed by atoms with Crippen LogP contribution < -0.4 is 0 Å². The molecule has 22 heavy (non-hydrogen) atoms. The SMILES string of the molecule is O=Cc1ccc(C(=O)c2c(F)cc(C(F)(F)F)cc2Cl)cc1. The van der Waals surface area contributed by atoms with Crippen LogP contribution in [0.2, 0.25) is 5.02 Å². The van der Waals surface area contributed by atoms with E-state index in [2.05, 4.69) is 0 Å². The van der Waals surface area contributed by atoms with Crippen molar-refractivity contribution >= 4 is 23.7 Å². The topological polar surface area (TPSA) is 34.1 Å². The molecule has 2 nitrogen and oxygen atoms in total. The fraction of sp³-hybridized carbons (Fsp3) is 0.0667. The fourth-order valence-corrected chi connectivity index (χ4v) is 2.10. The van der Waals surface area contributed by atoms with Crippen LogP contribution in [0.25, 0.3) is 0 Å². The van der Waals surface area contributed by atoms with E-state index < -0.39 is 33.9 Å². The van der Waals surface area contributed by atoms with Crippen molar-refractivity contribution < 1.29 is 27.2 Å². The summed E-state index contributed by atoms with van der Waals surface area (Å²) in [5, 5.41) is -0.628. The summed E-state index contributed by atoms with van der Waals surface area (Å²) in [4.78, 5) is 22.7. The Labute approximate surface area is 127 Å². The van der Waals surface area contributed by atoms with E-state index in [9.17, 15) is 27.2 Å². The number of halogens is 5. The summed E-state index contributed by atoms with van der Waals surface area (Å²) >= 11 is 5.63. The highest BCUT2D eigenvalue weighted by Gasteiger charge is 2.33. The molecular formula is C15H7ClF4O2. The van der Waals surface area contributed by atoms with Crippen LogP contribution in [0.15, 0.2) is 36.4 Å². The number of ketones is 1. The maximum atomic E-state index is 13.9. The van der Waals surface area contributed by atoms with E-state index >= 15 is 0 Å². The lowest BCUT2D eigenvalue weighted by molar-refractivity contribution is -0.137. The van der Waals surface area contributed by atoms with Gasteiger partial charge in [-0.15, -0.1) is 0 Å². The van der Waals surface area contributed by atoms with Gasteiger partial charge in [-0.3, -0.25) is 9.59 Å². The summed E-state index contributed by atoms with van der Waals surface area (Å²) in [7, 11) is 0. The predicted octanol–water partition coefficient (Wildman–Crippen LogP) is 4.54. The second-order valence-electron chi connectivity index (χ2n) is 4.38. The van der Waals surface area contributed by atoms with Gasteiger partial charge in [-0.1, -0.05) is 35.9 Å². The van der Waals surface area contributed by atoms with E-state index in [-0.39, 0.29) is 11.6 Å². The van der Waals surface area contributed by atoms with E-state index in [0.29, 0.717) is 17.9 Å². The maximum absolute atomic E-state index is 13.9. The number of benzene rings is 2. The van der Waals surface area contributed by atoms with Crippen molar-refractivity contribution in [2.24, 2.45) is 0 Å². The van der Waals surface area contributed by atoms with Gasteiger partial charge in [-0.2, -0.15) is 13.2 Å². The van der Waals surface area contributed by atoms with Crippen LogP contribution in [0.3, 0.4) is 0 Å². The number of hydrogen-bond donors (Lipinski definition) is 0. The Kier molecular flexibility index (Phi) is 4.32. The molecular weight excluding hydrogens is 324 g/mol. The first kappa shape index (κ1) is 16.2. The minimum atomic E-state index is -4.77. The standard InChI is InChI=1S/C15H7ClF4O2/c16-11-5-10(15(18,19)20)6-12(17)13(11)14(22)9-3-1-8(7-21)2-4-9/h1-7H. The quantitative estimate of drug-likeness (QED) is 0.470. The molecule has 0 bridgehead atoms. The van der Waals surface area contributed by atoms with Crippen molar-refractivity contribution in [2.75, 3.05) is 0 Å². The Morgan fingerprint density at radius 2 is 1.68 bits per heavy atom. The molecule has 0 atom stereocenters. The van der Waals surface area contributed by atoms with Gasteiger partial charge in [0.15, 0.2) is 5.78 Å². The molecule has 0 fully saturated rings. The molecule has 0 aliphatic rings. The normalized spacial score (nSPS) is 11.3. The lowest BCUT2D eigenvalue weighted by Crippen LogP contribution is -2.10. The van der Waals surface area contributed by atoms with E-state index in [1.165, 1.54) is 24.3 Å². The van der Waals surface area contributed by atoms with Crippen LogP contribution >= 0.6 is 11.6 Å². The Morgan fingerprint density at radius 3 is 2.14 bits per heavy atom. The molecule has 0 N–H and O–H groups in total. The van der Waals surface area contributed by atoms with Gasteiger partial charge in [-0.25, -0.2) is 4.39 Å². The van der Waals surface area contributed by atoms with E-state index in [1.807, 2.05) is 0 Å². The van der Waals surface area contributed by atoms with Crippen LogP contribution in [0, 0.1) is 5.82 Å². The van der Waals surface area contributed by atoms with Crippen molar-refractivity contribution in [3.8, 4) is 0 Å². The Bertz CT molecular complexity index is 713. The molecule has 0 heterocycles. The summed E-state index contributed by atoms with van der Waals surface area (Å²) in [6.45, 7) is 0. The molecule has 0 saturated carbocycles. The minimum absolute atomic E-state index is 0.00570. The van der Waals surface area contributed by atoms with Crippen molar-refractivity contribution in [1.82, 2.24) is 0 Å². The third kappa shape index (κ3) is 3.17. The van der Waals surface area contributed by atoms with Gasteiger partial charge in [0.25, 0.3) is 0 Å². The van der Waals surface area contributed by atoms with Gasteiger partial charge in [0.1, 0.15) is 12.1 Å². The second kappa shape index (κ2) is 5.88. The lowest BCUT2D eigenvalue weighted by atomic mass is 10.00. The second-order valence-corrected chi connectivity index (χ2v) is 4.79. The molecule has 2 rings (SSSR count). The van der Waals surface area contributed by atoms with Crippen molar-refractivity contribution in [3.05, 3.63) is 69.5 Å². The molecule has 7 heteroatoms. The number of alkyl halides is 3. The molecule has 2 aromatic rings. The van der Waals surface area contributed by atoms with Crippen LogP contribution in [0.5, 0.6) is 0 Å². The number of rotatable bonds is 3. The van der Waals surface area contributed by atoms with Crippen molar-refractivity contribution in [3.63, 3.8) is 0 Å². The zero-order valence-corrected chi connectivity index (χ0v) is 11.5. The molecule has 0 spiro atoms. The molecule has 0 amide bonds. The zero-order chi connectivity index (χ0) is 16.5. The number of carbonyl (C=O) groups is 2. The molecule has 0 aliphatic carbocycles. The number of carbonyl (C=O) groups excluding carboxylic acids is 2. The monoisotopic (exact) mass is 330 g/mol. The van der Waals surface area contributed by atoms with Crippen molar-refractivity contribution in [2.45, 2.75) is 6.18 Å². The average Bonchev–Trinajstić information content (AvgIpc) is 2.45. The first-order chi connectivity index (χ1) is 10.2. The third-order valence-corrected chi connectivity index (χ3v) is 3.20. The summed E-state index contributed by atoms with van der Waals surface area (Å²) in [5.74, 6) is -2.22. The first-order valence-electron chi connectivity index (χ1n) is 5.90. The zero-order valence-electron chi connectivity index (χ0n) is 10.7. The number of hydrogen-bond acceptors (Lipinski definition) is 2. The Balaban J connectivity index is 2.47. The van der Waals surface area contributed by atoms with Crippen LogP contribution in [-0.2, 0) is 6.18 Å². The predicted molar refractivity (Wildman–Crippen MR) is 71.7 cm³/mol. The van der Waals surface area contributed by atoms with Crippen molar-refractivity contribution in [1.29, 1.82) is 0 Å². The summed E-state index contributed by atoms with van der Waals surface area (Å²) in [6.07, 6.45) is -4.21. The Morgan fingerprint density at radius 1 is 1.09 bits per heavy atom. The number of aldehydes is 1. The fourth-order valence-electron chi connectivity index (χ4n) is 1.81. The maximum Gasteiger partial charge on any atom is 0.416 e.